The number of hydrogen-bond donors (Lipinski definition) is 0. The molecule has 7 nitrogen and oxygen atoms in total. The predicted octanol–water partition coefficient (Wildman–Crippen LogP) is 3.25. The first-order valence-corrected chi connectivity index (χ1v) is 6.71. The molecule has 0 spiro atoms. The fourth-order valence-electron chi connectivity index (χ4n) is 1.76. The Bertz CT molecular complexity index is 794. The van der Waals surface area contributed by atoms with Gasteiger partial charge < -0.3 is 9.47 Å². The second-order valence-electron chi connectivity index (χ2n) is 4.64. The highest BCUT2D eigenvalue weighted by molar-refractivity contribution is 5.54. The zero-order valence-electron chi connectivity index (χ0n) is 13.2. The number of hydrogen-bond acceptors (Lipinski definition) is 6. The van der Waals surface area contributed by atoms with Crippen molar-refractivity contribution in [3.8, 4) is 11.5 Å². The highest BCUT2D eigenvalue weighted by atomic mass is 19.1. The summed E-state index contributed by atoms with van der Waals surface area (Å²) in [4.78, 5) is 29.6. The van der Waals surface area contributed by atoms with E-state index in [2.05, 4.69) is 9.47 Å². The van der Waals surface area contributed by atoms with Crippen LogP contribution in [0.25, 0.3) is 0 Å². The minimum absolute atomic E-state index is 0.0888. The van der Waals surface area contributed by atoms with Crippen LogP contribution >= 0.6 is 0 Å². The molecule has 0 saturated heterocycles. The molecule has 132 valence electrons. The van der Waals surface area contributed by atoms with Crippen LogP contribution in [-0.2, 0) is 9.59 Å². The second kappa shape index (κ2) is 9.06. The number of carbonyl (C=O) groups is 2. The highest BCUT2D eigenvalue weighted by Gasteiger charge is 2.17. The average molecular weight is 353 g/mol. The quantitative estimate of drug-likeness (QED) is 0.465. The van der Waals surface area contributed by atoms with Crippen molar-refractivity contribution < 1.29 is 32.8 Å². The van der Waals surface area contributed by atoms with Gasteiger partial charge in [-0.25, -0.2) is 8.78 Å². The van der Waals surface area contributed by atoms with E-state index in [1.165, 1.54) is 19.1 Å². The Morgan fingerprint density at radius 2 is 1.52 bits per heavy atom. The molecule has 2 aromatic carbocycles. The standard InChI is InChI=1S/C8H6FNO4.C8H7FO2/c1-5-7(10(12)13)2-6(9)3-8(5)14-4-11;1-6-2-3-7(9)4-8(6)11-5-10/h2-4H,1H3;2-5H,1H3. The van der Waals surface area contributed by atoms with Gasteiger partial charge in [0.1, 0.15) is 23.1 Å². The number of aryl methyl sites for hydroxylation is 1. The molecule has 9 heteroatoms. The van der Waals surface area contributed by atoms with Crippen LogP contribution in [0.5, 0.6) is 11.5 Å². The highest BCUT2D eigenvalue weighted by Crippen LogP contribution is 2.28. The summed E-state index contributed by atoms with van der Waals surface area (Å²) in [7, 11) is 0. The lowest BCUT2D eigenvalue weighted by Crippen LogP contribution is -1.98. The van der Waals surface area contributed by atoms with Gasteiger partial charge in [0.25, 0.3) is 18.6 Å². The van der Waals surface area contributed by atoms with Gasteiger partial charge in [-0.1, -0.05) is 6.07 Å². The molecular formula is C16H13F2NO6. The molecule has 0 heterocycles. The molecule has 0 atom stereocenters. The van der Waals surface area contributed by atoms with Gasteiger partial charge in [0.2, 0.25) is 0 Å². The van der Waals surface area contributed by atoms with Crippen LogP contribution in [0.2, 0.25) is 0 Å². The van der Waals surface area contributed by atoms with Gasteiger partial charge in [-0.2, -0.15) is 0 Å². The van der Waals surface area contributed by atoms with Crippen molar-refractivity contribution in [1.82, 2.24) is 0 Å². The molecular weight excluding hydrogens is 340 g/mol. The van der Waals surface area contributed by atoms with Gasteiger partial charge in [-0.3, -0.25) is 19.7 Å². The van der Waals surface area contributed by atoms with Crippen LogP contribution in [0.3, 0.4) is 0 Å². The molecule has 0 fully saturated rings. The molecule has 0 aromatic heterocycles. The molecule has 0 aliphatic rings. The van der Waals surface area contributed by atoms with Gasteiger partial charge in [0, 0.05) is 12.1 Å². The summed E-state index contributed by atoms with van der Waals surface area (Å²) in [5.41, 5.74) is 0.434. The van der Waals surface area contributed by atoms with Crippen LogP contribution in [0, 0.1) is 35.6 Å². The molecule has 0 unspecified atom stereocenters. The summed E-state index contributed by atoms with van der Waals surface area (Å²) in [6.45, 7) is 3.47. The maximum atomic E-state index is 12.8. The number of ether oxygens (including phenoxy) is 2. The molecule has 0 saturated carbocycles. The van der Waals surface area contributed by atoms with Crippen molar-refractivity contribution in [2.75, 3.05) is 0 Å². The van der Waals surface area contributed by atoms with E-state index < -0.39 is 22.2 Å². The van der Waals surface area contributed by atoms with Crippen LogP contribution in [0.15, 0.2) is 30.3 Å². The number of nitro groups is 1. The van der Waals surface area contributed by atoms with Crippen molar-refractivity contribution in [1.29, 1.82) is 0 Å². The van der Waals surface area contributed by atoms with Crippen LogP contribution < -0.4 is 9.47 Å². The Balaban J connectivity index is 0.000000257. The van der Waals surface area contributed by atoms with Gasteiger partial charge in [-0.05, 0) is 25.5 Å². The maximum absolute atomic E-state index is 12.8. The number of rotatable bonds is 5. The van der Waals surface area contributed by atoms with Crippen molar-refractivity contribution in [2.45, 2.75) is 13.8 Å². The van der Waals surface area contributed by atoms with Crippen molar-refractivity contribution in [3.63, 3.8) is 0 Å². The Morgan fingerprint density at radius 1 is 0.960 bits per heavy atom. The van der Waals surface area contributed by atoms with Crippen molar-refractivity contribution >= 4 is 18.6 Å². The number of nitro benzene ring substituents is 1. The summed E-state index contributed by atoms with van der Waals surface area (Å²) in [6, 6.07) is 5.72. The Labute approximate surface area is 140 Å². The topological polar surface area (TPSA) is 95.7 Å². The average Bonchev–Trinajstić information content (AvgIpc) is 2.55. The van der Waals surface area contributed by atoms with E-state index in [-0.39, 0.29) is 30.0 Å². The molecule has 0 amide bonds. The van der Waals surface area contributed by atoms with Crippen molar-refractivity contribution in [3.05, 3.63) is 63.2 Å². The van der Waals surface area contributed by atoms with E-state index in [4.69, 9.17) is 0 Å². The lowest BCUT2D eigenvalue weighted by molar-refractivity contribution is -0.385. The molecule has 0 N–H and O–H groups in total. The predicted molar refractivity (Wildman–Crippen MR) is 82.3 cm³/mol. The molecule has 0 bridgehead atoms. The number of carbonyl (C=O) groups excluding carboxylic acids is 2. The third-order valence-corrected chi connectivity index (χ3v) is 2.99. The smallest absolute Gasteiger partial charge is 0.298 e. The van der Waals surface area contributed by atoms with Gasteiger partial charge in [0.05, 0.1) is 16.6 Å². The third kappa shape index (κ3) is 5.65. The van der Waals surface area contributed by atoms with E-state index >= 15 is 0 Å². The normalized spacial score (nSPS) is 9.44. The van der Waals surface area contributed by atoms with E-state index in [9.17, 15) is 28.5 Å². The number of nitrogens with zero attached hydrogens (tertiary/aromatic N) is 1. The van der Waals surface area contributed by atoms with Crippen LogP contribution in [-0.4, -0.2) is 17.9 Å². The largest absolute Gasteiger partial charge is 0.428 e. The fraction of sp³-hybridized carbons (Fsp3) is 0.125. The Hall–Kier alpha value is -3.36. The first-order chi connectivity index (χ1) is 11.8. The minimum Gasteiger partial charge on any atom is -0.428 e. The van der Waals surface area contributed by atoms with Gasteiger partial charge in [0.15, 0.2) is 0 Å². The zero-order valence-corrected chi connectivity index (χ0v) is 13.2. The van der Waals surface area contributed by atoms with Crippen LogP contribution in [0.1, 0.15) is 11.1 Å². The molecule has 0 radical (unpaired) electrons. The van der Waals surface area contributed by atoms with Gasteiger partial charge >= 0.3 is 0 Å². The molecule has 2 aromatic rings. The lowest BCUT2D eigenvalue weighted by atomic mass is 10.2. The monoisotopic (exact) mass is 353 g/mol. The summed E-state index contributed by atoms with van der Waals surface area (Å²) >= 11 is 0. The third-order valence-electron chi connectivity index (χ3n) is 2.99. The van der Waals surface area contributed by atoms with Crippen LogP contribution in [0.4, 0.5) is 14.5 Å². The zero-order chi connectivity index (χ0) is 19.0. The summed E-state index contributed by atoms with van der Waals surface area (Å²) in [6.07, 6.45) is 0. The first-order valence-electron chi connectivity index (χ1n) is 6.71. The summed E-state index contributed by atoms with van der Waals surface area (Å²) in [5, 5.41) is 10.4. The van der Waals surface area contributed by atoms with E-state index in [0.29, 0.717) is 0 Å². The maximum Gasteiger partial charge on any atom is 0.298 e. The first kappa shape index (κ1) is 19.7. The lowest BCUT2D eigenvalue weighted by Gasteiger charge is -2.03. The molecule has 0 aliphatic heterocycles. The Kier molecular flexibility index (Phi) is 7.14. The SMILES string of the molecule is Cc1c(OC=O)cc(F)cc1[N+](=O)[O-].Cc1ccc(F)cc1OC=O. The van der Waals surface area contributed by atoms with E-state index in [1.807, 2.05) is 0 Å². The summed E-state index contributed by atoms with van der Waals surface area (Å²) in [5.74, 6) is -1.11. The Morgan fingerprint density at radius 3 is 2.08 bits per heavy atom. The number of benzene rings is 2. The molecule has 2 rings (SSSR count). The van der Waals surface area contributed by atoms with Crippen molar-refractivity contribution in [2.24, 2.45) is 0 Å². The van der Waals surface area contributed by atoms with Gasteiger partial charge in [-0.15, -0.1) is 0 Å². The second-order valence-corrected chi connectivity index (χ2v) is 4.64. The van der Waals surface area contributed by atoms with E-state index in [0.717, 1.165) is 17.7 Å². The fourth-order valence-corrected chi connectivity index (χ4v) is 1.76. The molecule has 0 aliphatic carbocycles. The molecule has 25 heavy (non-hydrogen) atoms. The summed E-state index contributed by atoms with van der Waals surface area (Å²) < 4.78 is 34.1. The number of halogens is 2. The van der Waals surface area contributed by atoms with E-state index in [1.54, 1.807) is 13.0 Å². The minimum atomic E-state index is -0.820.